The summed E-state index contributed by atoms with van der Waals surface area (Å²) in [7, 11) is 0. The Morgan fingerprint density at radius 1 is 1.40 bits per heavy atom. The predicted octanol–water partition coefficient (Wildman–Crippen LogP) is 0.705. The van der Waals surface area contributed by atoms with Crippen LogP contribution in [0.25, 0.3) is 0 Å². The summed E-state index contributed by atoms with van der Waals surface area (Å²) >= 11 is 0. The lowest BCUT2D eigenvalue weighted by atomic mass is 10.2. The highest BCUT2D eigenvalue weighted by Crippen LogP contribution is 2.03. The molecule has 0 amide bonds. The first-order chi connectivity index (χ1) is 4.84. The molecular weight excluding hydrogens is 124 g/mol. The van der Waals surface area contributed by atoms with E-state index < -0.39 is 0 Å². The first kappa shape index (κ1) is 8.02. The topological polar surface area (TPSA) is 17.3 Å². The molecule has 0 aromatic heterocycles. The molecule has 0 aliphatic carbocycles. The van der Waals surface area contributed by atoms with Gasteiger partial charge in [-0.15, -0.1) is 0 Å². The molecule has 1 saturated heterocycles. The summed E-state index contributed by atoms with van der Waals surface area (Å²) in [5, 5.41) is 4.30. The van der Waals surface area contributed by atoms with Crippen molar-refractivity contribution in [2.75, 3.05) is 26.2 Å². The van der Waals surface area contributed by atoms with Crippen molar-refractivity contribution in [3.8, 4) is 0 Å². The molecule has 0 aromatic rings. The molecule has 1 aliphatic rings. The van der Waals surface area contributed by atoms with E-state index in [1.165, 1.54) is 19.5 Å². The number of hydrogen-bond acceptors (Lipinski definition) is 1. The van der Waals surface area contributed by atoms with Crippen molar-refractivity contribution in [1.82, 2.24) is 10.2 Å². The third-order valence-corrected chi connectivity index (χ3v) is 2.30. The van der Waals surface area contributed by atoms with Crippen LogP contribution in [-0.2, 0) is 0 Å². The number of piperazine rings is 1. The Bertz CT molecular complexity index is 87.3. The Morgan fingerprint density at radius 3 is 2.50 bits per heavy atom. The van der Waals surface area contributed by atoms with E-state index in [1.807, 2.05) is 0 Å². The summed E-state index contributed by atoms with van der Waals surface area (Å²) in [5.41, 5.74) is 0. The predicted molar refractivity (Wildman–Crippen MR) is 43.2 cm³/mol. The largest absolute Gasteiger partial charge is 0.298 e. The van der Waals surface area contributed by atoms with Gasteiger partial charge >= 0.3 is 0 Å². The highest BCUT2D eigenvalue weighted by atomic mass is 15.2. The lowest BCUT2D eigenvalue weighted by Gasteiger charge is -2.31. The highest BCUT2D eigenvalue weighted by Gasteiger charge is 2.14. The van der Waals surface area contributed by atoms with Crippen LogP contribution >= 0.6 is 0 Å². The Hall–Kier alpha value is -0.0800. The number of nitrogens with zero attached hydrogens (tertiary/aromatic N) is 2. The summed E-state index contributed by atoms with van der Waals surface area (Å²) in [6.45, 7) is 8.99. The van der Waals surface area contributed by atoms with Crippen LogP contribution in [0.5, 0.6) is 0 Å². The first-order valence-corrected chi connectivity index (χ1v) is 4.22. The summed E-state index contributed by atoms with van der Waals surface area (Å²) in [4.78, 5) is 2.52. The second-order valence-electron chi connectivity index (χ2n) is 2.96. The Kier molecular flexibility index (Phi) is 3.16. The molecule has 2 nitrogen and oxygen atoms in total. The molecule has 1 atom stereocenters. The van der Waals surface area contributed by atoms with Gasteiger partial charge in [-0.1, -0.05) is 6.92 Å². The van der Waals surface area contributed by atoms with E-state index in [0.29, 0.717) is 0 Å². The average molecular weight is 141 g/mol. The van der Waals surface area contributed by atoms with Crippen LogP contribution in [0.1, 0.15) is 20.3 Å². The molecule has 1 unspecified atom stereocenters. The van der Waals surface area contributed by atoms with E-state index in [9.17, 15) is 0 Å². The van der Waals surface area contributed by atoms with Crippen molar-refractivity contribution in [1.29, 1.82) is 0 Å². The van der Waals surface area contributed by atoms with Gasteiger partial charge in [-0.3, -0.25) is 4.90 Å². The van der Waals surface area contributed by atoms with Crippen molar-refractivity contribution in [3.63, 3.8) is 0 Å². The van der Waals surface area contributed by atoms with E-state index in [0.717, 1.165) is 19.1 Å². The van der Waals surface area contributed by atoms with Gasteiger partial charge in [0.05, 0.1) is 0 Å². The molecule has 2 heteroatoms. The molecule has 59 valence electrons. The molecule has 10 heavy (non-hydrogen) atoms. The van der Waals surface area contributed by atoms with Crippen LogP contribution in [0.3, 0.4) is 0 Å². The standard InChI is InChI=1S/C8H17N2/c1-3-8(2)10-6-4-9-5-7-10/h8H,3-7H2,1-2H3. The molecule has 0 aromatic carbocycles. The Morgan fingerprint density at radius 2 is 2.00 bits per heavy atom. The minimum Gasteiger partial charge on any atom is -0.298 e. The van der Waals surface area contributed by atoms with Gasteiger partial charge in [0.25, 0.3) is 0 Å². The van der Waals surface area contributed by atoms with Crippen molar-refractivity contribution in [3.05, 3.63) is 0 Å². The molecule has 0 bridgehead atoms. The SMILES string of the molecule is CCC(C)N1CC[N]CC1. The van der Waals surface area contributed by atoms with Gasteiger partial charge in [-0.05, 0) is 13.3 Å². The van der Waals surface area contributed by atoms with Crippen LogP contribution in [0.2, 0.25) is 0 Å². The zero-order chi connectivity index (χ0) is 7.40. The van der Waals surface area contributed by atoms with Gasteiger partial charge < -0.3 is 0 Å². The fourth-order valence-corrected chi connectivity index (χ4v) is 1.32. The zero-order valence-corrected chi connectivity index (χ0v) is 7.01. The minimum absolute atomic E-state index is 0.760. The maximum Gasteiger partial charge on any atom is 0.0261 e. The third kappa shape index (κ3) is 1.96. The van der Waals surface area contributed by atoms with E-state index in [-0.39, 0.29) is 0 Å². The van der Waals surface area contributed by atoms with Gasteiger partial charge in [-0.2, -0.15) is 0 Å². The normalized spacial score (nSPS) is 24.6. The maximum atomic E-state index is 4.30. The smallest absolute Gasteiger partial charge is 0.0261 e. The van der Waals surface area contributed by atoms with Crippen LogP contribution in [0.15, 0.2) is 0 Å². The monoisotopic (exact) mass is 141 g/mol. The Balaban J connectivity index is 2.24. The fourth-order valence-electron chi connectivity index (χ4n) is 1.32. The van der Waals surface area contributed by atoms with E-state index in [4.69, 9.17) is 0 Å². The Labute approximate surface area is 63.6 Å². The molecule has 1 heterocycles. The second kappa shape index (κ2) is 3.94. The summed E-state index contributed by atoms with van der Waals surface area (Å²) in [5.74, 6) is 0. The van der Waals surface area contributed by atoms with Crippen molar-refractivity contribution in [2.45, 2.75) is 26.3 Å². The lowest BCUT2D eigenvalue weighted by molar-refractivity contribution is 0.178. The summed E-state index contributed by atoms with van der Waals surface area (Å²) in [6.07, 6.45) is 1.26. The van der Waals surface area contributed by atoms with Crippen molar-refractivity contribution < 1.29 is 0 Å². The van der Waals surface area contributed by atoms with E-state index >= 15 is 0 Å². The van der Waals surface area contributed by atoms with E-state index in [2.05, 4.69) is 24.1 Å². The number of hydrogen-bond donors (Lipinski definition) is 0. The fraction of sp³-hybridized carbons (Fsp3) is 1.00. The van der Waals surface area contributed by atoms with Gasteiger partial charge in [0.15, 0.2) is 0 Å². The molecule has 0 N–H and O–H groups in total. The highest BCUT2D eigenvalue weighted by molar-refractivity contribution is 4.71. The van der Waals surface area contributed by atoms with Crippen LogP contribution in [0.4, 0.5) is 0 Å². The number of rotatable bonds is 2. The van der Waals surface area contributed by atoms with Crippen LogP contribution < -0.4 is 5.32 Å². The lowest BCUT2D eigenvalue weighted by Crippen LogP contribution is -2.44. The third-order valence-electron chi connectivity index (χ3n) is 2.30. The average Bonchev–Trinajstić information content (AvgIpc) is 2.05. The maximum absolute atomic E-state index is 4.30. The molecular formula is C8H17N2. The molecule has 1 rings (SSSR count). The summed E-state index contributed by atoms with van der Waals surface area (Å²) < 4.78 is 0. The zero-order valence-electron chi connectivity index (χ0n) is 7.01. The molecule has 1 fully saturated rings. The van der Waals surface area contributed by atoms with Gasteiger partial charge in [-0.25, -0.2) is 5.32 Å². The second-order valence-corrected chi connectivity index (χ2v) is 2.96. The van der Waals surface area contributed by atoms with Gasteiger partial charge in [0.2, 0.25) is 0 Å². The van der Waals surface area contributed by atoms with E-state index in [1.54, 1.807) is 0 Å². The van der Waals surface area contributed by atoms with Gasteiger partial charge in [0.1, 0.15) is 0 Å². The first-order valence-electron chi connectivity index (χ1n) is 4.22. The molecule has 1 radical (unpaired) electrons. The van der Waals surface area contributed by atoms with Gasteiger partial charge in [0, 0.05) is 32.2 Å². The molecule has 1 aliphatic heterocycles. The van der Waals surface area contributed by atoms with Crippen molar-refractivity contribution in [2.24, 2.45) is 0 Å². The van der Waals surface area contributed by atoms with Crippen molar-refractivity contribution >= 4 is 0 Å². The summed E-state index contributed by atoms with van der Waals surface area (Å²) in [6, 6.07) is 0.760. The molecule has 0 spiro atoms. The quantitative estimate of drug-likeness (QED) is 0.553. The minimum atomic E-state index is 0.760. The van der Waals surface area contributed by atoms with Crippen LogP contribution in [-0.4, -0.2) is 37.1 Å². The molecule has 0 saturated carbocycles. The van der Waals surface area contributed by atoms with Crippen LogP contribution in [0, 0.1) is 0 Å².